The first-order valence-electron chi connectivity index (χ1n) is 31.3. The Kier molecular flexibility index (Phi) is 11.2. The zero-order chi connectivity index (χ0) is 58.5. The minimum Gasteiger partial charge on any atom is -0.311 e. The number of para-hydroxylation sites is 8. The van der Waals surface area contributed by atoms with Gasteiger partial charge in [-0.15, -0.1) is 0 Å². The third kappa shape index (κ3) is 7.29. The van der Waals surface area contributed by atoms with Crippen LogP contribution in [-0.4, -0.2) is 13.4 Å². The van der Waals surface area contributed by atoms with E-state index in [4.69, 9.17) is 0 Å². The molecule has 4 aliphatic heterocycles. The van der Waals surface area contributed by atoms with Gasteiger partial charge in [-0.2, -0.15) is 0 Å². The molecular weight excluding hydrogens is 1060 g/mol. The van der Waals surface area contributed by atoms with Crippen molar-refractivity contribution in [3.63, 3.8) is 0 Å². The molecule has 14 aromatic rings. The summed E-state index contributed by atoms with van der Waals surface area (Å²) in [5, 5.41) is 8.26. The van der Waals surface area contributed by atoms with Crippen molar-refractivity contribution in [1.29, 1.82) is 0 Å². The molecule has 0 bridgehead atoms. The van der Waals surface area contributed by atoms with Crippen LogP contribution in [-0.2, 0) is 0 Å². The van der Waals surface area contributed by atoms with Crippen molar-refractivity contribution in [2.45, 2.75) is 39.5 Å². The molecule has 0 atom stereocenters. The number of rotatable bonds is 10. The van der Waals surface area contributed by atoms with Gasteiger partial charge in [0.05, 0.1) is 0 Å². The van der Waals surface area contributed by atoms with Crippen LogP contribution in [0, 0.1) is 0 Å². The molecule has 0 fully saturated rings. The van der Waals surface area contributed by atoms with Crippen LogP contribution < -0.4 is 52.4 Å². The average Bonchev–Trinajstić information content (AvgIpc) is 0.701. The number of nitrogens with zero attached hydrogens (tertiary/aromatic N) is 4. The summed E-state index contributed by atoms with van der Waals surface area (Å²) in [6.07, 6.45) is 0. The molecule has 88 heavy (non-hydrogen) atoms. The second-order valence-corrected chi connectivity index (χ2v) is 25.1. The number of benzene rings is 14. The highest BCUT2D eigenvalue weighted by atomic mass is 15.2. The van der Waals surface area contributed by atoms with Crippen molar-refractivity contribution in [3.8, 4) is 22.3 Å². The normalized spacial score (nSPS) is 13.1. The fourth-order valence-electron chi connectivity index (χ4n) is 16.1. The van der Waals surface area contributed by atoms with Crippen molar-refractivity contribution in [1.82, 2.24) is 0 Å². The van der Waals surface area contributed by atoms with Crippen LogP contribution in [0.15, 0.2) is 279 Å². The number of hydrogen-bond donors (Lipinski definition) is 0. The Morgan fingerprint density at radius 3 is 0.932 bits per heavy atom. The lowest BCUT2D eigenvalue weighted by atomic mass is 9.31. The topological polar surface area (TPSA) is 13.0 Å². The summed E-state index contributed by atoms with van der Waals surface area (Å²) in [6, 6.07) is 105. The van der Waals surface area contributed by atoms with Gasteiger partial charge in [-0.3, -0.25) is 0 Å². The van der Waals surface area contributed by atoms with Gasteiger partial charge in [-0.25, -0.2) is 0 Å². The Balaban J connectivity index is 1.00. The van der Waals surface area contributed by atoms with Crippen LogP contribution in [0.1, 0.15) is 50.7 Å². The standard InChI is InChI=1S/C82H60B2N4/c1-51(2)61-47-63-67-43-59(85(53-27-11-5-12-28-53)54-29-13-6-14-30-54)45-75-81(67)84(70-40-24-26-42-74(70)87(75)57-35-19-9-20-36-57)72-50-66-62(52(3)4)48-64-68-44-60(86(55-31-15-7-16-32-55)56-33-17-8-18-34-56)46-76-82(68)83(71-49-65(61)79(77(63)72)80(66)78(64)71)69-39-23-25-41-73(69)88(76)58-37-21-10-22-38-58/h5-52H,1-4H3. The molecule has 0 saturated heterocycles. The van der Waals surface area contributed by atoms with Gasteiger partial charge in [-0.05, 0) is 221 Å². The van der Waals surface area contributed by atoms with E-state index in [9.17, 15) is 0 Å². The summed E-state index contributed by atoms with van der Waals surface area (Å²) < 4.78 is 0. The predicted molar refractivity (Wildman–Crippen MR) is 377 cm³/mol. The summed E-state index contributed by atoms with van der Waals surface area (Å²) in [6.45, 7) is 9.58. The molecule has 0 aromatic heterocycles. The fraction of sp³-hybridized carbons (Fsp3) is 0.0732. The molecular formula is C82H60B2N4. The Morgan fingerprint density at radius 2 is 0.591 bits per heavy atom. The highest BCUT2D eigenvalue weighted by Gasteiger charge is 2.46. The smallest absolute Gasteiger partial charge is 0.248 e. The van der Waals surface area contributed by atoms with Gasteiger partial charge in [-0.1, -0.05) is 196 Å². The van der Waals surface area contributed by atoms with Crippen LogP contribution in [0.2, 0.25) is 0 Å². The monoisotopic (exact) mass is 1120 g/mol. The zero-order valence-corrected chi connectivity index (χ0v) is 49.7. The molecule has 4 aliphatic rings. The second-order valence-electron chi connectivity index (χ2n) is 25.1. The van der Waals surface area contributed by atoms with Gasteiger partial charge in [0, 0.05) is 68.2 Å². The summed E-state index contributed by atoms with van der Waals surface area (Å²) >= 11 is 0. The molecule has 18 rings (SSSR count). The van der Waals surface area contributed by atoms with Crippen molar-refractivity contribution in [2.75, 3.05) is 19.6 Å². The van der Waals surface area contributed by atoms with Gasteiger partial charge in [0.15, 0.2) is 0 Å². The SMILES string of the molecule is CC(C)c1cc2c3c(cc4c(C(C)C)cc5c6c(cc1c3c46)B1c3ccccc3N(c3ccccc3)c3cc(N(c4ccccc4)c4ccccc4)cc-5c31)B1c3ccccc3N(c3ccccc3)c3cc(N(c4ccccc4)c4ccccc4)cc-2c31. The van der Waals surface area contributed by atoms with Crippen molar-refractivity contribution in [2.24, 2.45) is 0 Å². The third-order valence-electron chi connectivity index (χ3n) is 19.6. The van der Waals surface area contributed by atoms with Gasteiger partial charge < -0.3 is 19.6 Å². The van der Waals surface area contributed by atoms with E-state index in [1.165, 1.54) is 121 Å². The lowest BCUT2D eigenvalue weighted by Gasteiger charge is -2.43. The van der Waals surface area contributed by atoms with Crippen LogP contribution in [0.25, 0.3) is 54.6 Å². The van der Waals surface area contributed by atoms with Crippen LogP contribution in [0.3, 0.4) is 0 Å². The van der Waals surface area contributed by atoms with E-state index in [1.54, 1.807) is 0 Å². The van der Waals surface area contributed by atoms with Crippen molar-refractivity contribution in [3.05, 3.63) is 290 Å². The Hall–Kier alpha value is -10.6. The van der Waals surface area contributed by atoms with E-state index in [0.29, 0.717) is 0 Å². The molecule has 0 spiro atoms. The van der Waals surface area contributed by atoms with Gasteiger partial charge >= 0.3 is 0 Å². The van der Waals surface area contributed by atoms with E-state index >= 15 is 0 Å². The first-order valence-corrected chi connectivity index (χ1v) is 31.3. The largest absolute Gasteiger partial charge is 0.311 e. The Morgan fingerprint density at radius 1 is 0.273 bits per heavy atom. The highest BCUT2D eigenvalue weighted by Crippen LogP contribution is 2.54. The minimum atomic E-state index is -0.0461. The highest BCUT2D eigenvalue weighted by molar-refractivity contribution is 7.02. The maximum absolute atomic E-state index is 2.69. The first kappa shape index (κ1) is 50.7. The Bertz CT molecular complexity index is 4710. The molecule has 0 unspecified atom stereocenters. The lowest BCUT2D eigenvalue weighted by Crippen LogP contribution is -2.60. The van der Waals surface area contributed by atoms with Gasteiger partial charge in [0.1, 0.15) is 0 Å². The molecule has 0 aliphatic carbocycles. The molecule has 414 valence electrons. The molecule has 0 saturated carbocycles. The van der Waals surface area contributed by atoms with E-state index in [0.717, 1.165) is 45.5 Å². The van der Waals surface area contributed by atoms with Crippen LogP contribution >= 0.6 is 0 Å². The predicted octanol–water partition coefficient (Wildman–Crippen LogP) is 18.3. The average molecular weight is 1120 g/mol. The first-order chi connectivity index (χ1) is 43.4. The van der Waals surface area contributed by atoms with E-state index < -0.39 is 0 Å². The quantitative estimate of drug-likeness (QED) is 0.0999. The molecule has 0 radical (unpaired) electrons. The summed E-state index contributed by atoms with van der Waals surface area (Å²) in [7, 11) is 0. The van der Waals surface area contributed by atoms with Gasteiger partial charge in [0.25, 0.3) is 0 Å². The number of anilines is 12. The fourth-order valence-corrected chi connectivity index (χ4v) is 16.1. The maximum atomic E-state index is 2.69. The van der Waals surface area contributed by atoms with Crippen LogP contribution in [0.5, 0.6) is 0 Å². The maximum Gasteiger partial charge on any atom is 0.248 e. The lowest BCUT2D eigenvalue weighted by molar-refractivity contribution is 0.876. The van der Waals surface area contributed by atoms with Crippen molar-refractivity contribution < 1.29 is 0 Å². The molecule has 4 heterocycles. The van der Waals surface area contributed by atoms with Crippen molar-refractivity contribution >= 4 is 147 Å². The summed E-state index contributed by atoms with van der Waals surface area (Å²) in [5.74, 6) is 0.430. The summed E-state index contributed by atoms with van der Waals surface area (Å²) in [5.41, 5.74) is 29.9. The minimum absolute atomic E-state index is 0.0461. The van der Waals surface area contributed by atoms with E-state index in [-0.39, 0.29) is 25.3 Å². The number of fused-ring (bicyclic) bond motifs is 8. The van der Waals surface area contributed by atoms with E-state index in [2.05, 4.69) is 326 Å². The molecule has 14 aromatic carbocycles. The molecule has 4 nitrogen and oxygen atoms in total. The molecule has 0 N–H and O–H groups in total. The van der Waals surface area contributed by atoms with Gasteiger partial charge in [0.2, 0.25) is 13.4 Å². The second kappa shape index (κ2) is 19.5. The number of hydrogen-bond acceptors (Lipinski definition) is 4. The Labute approximate surface area is 515 Å². The van der Waals surface area contributed by atoms with Crippen LogP contribution in [0.4, 0.5) is 68.2 Å². The molecule has 6 heteroatoms. The zero-order valence-electron chi connectivity index (χ0n) is 49.7. The van der Waals surface area contributed by atoms with E-state index in [1.807, 2.05) is 0 Å². The third-order valence-corrected chi connectivity index (χ3v) is 19.6. The molecule has 0 amide bonds. The summed E-state index contributed by atoms with van der Waals surface area (Å²) in [4.78, 5) is 10.0.